The van der Waals surface area contributed by atoms with E-state index in [0.29, 0.717) is 10.6 Å². The van der Waals surface area contributed by atoms with Crippen molar-refractivity contribution in [2.24, 2.45) is 5.73 Å². The van der Waals surface area contributed by atoms with Crippen LogP contribution < -0.4 is 5.73 Å². The lowest BCUT2D eigenvalue weighted by Gasteiger charge is -1.99. The Labute approximate surface area is 106 Å². The highest BCUT2D eigenvalue weighted by Gasteiger charge is 2.17. The van der Waals surface area contributed by atoms with Gasteiger partial charge in [-0.15, -0.1) is 11.3 Å². The van der Waals surface area contributed by atoms with E-state index >= 15 is 0 Å². The van der Waals surface area contributed by atoms with Crippen LogP contribution in [-0.4, -0.2) is 9.97 Å². The van der Waals surface area contributed by atoms with Crippen molar-refractivity contribution in [3.63, 3.8) is 0 Å². The second-order valence-electron chi connectivity index (χ2n) is 3.39. The molecule has 1 aromatic heterocycles. The molecular formula is C11H8F2N2S2. The number of benzene rings is 1. The van der Waals surface area contributed by atoms with Crippen LogP contribution in [0.5, 0.6) is 0 Å². The Morgan fingerprint density at radius 2 is 1.94 bits per heavy atom. The SMILES string of the molecule is Cc1nc(-c2c(F)cccc2F)sc1C(N)=S. The molecule has 0 spiro atoms. The summed E-state index contributed by atoms with van der Waals surface area (Å²) in [5.74, 6) is -1.29. The Morgan fingerprint density at radius 1 is 1.35 bits per heavy atom. The zero-order valence-corrected chi connectivity index (χ0v) is 10.5. The second-order valence-corrected chi connectivity index (χ2v) is 4.83. The minimum Gasteiger partial charge on any atom is -0.389 e. The first kappa shape index (κ1) is 12.1. The molecular weight excluding hydrogens is 262 g/mol. The van der Waals surface area contributed by atoms with Crippen molar-refractivity contribution in [3.05, 3.63) is 40.4 Å². The largest absolute Gasteiger partial charge is 0.389 e. The molecule has 88 valence electrons. The molecule has 0 fully saturated rings. The Balaban J connectivity index is 2.62. The van der Waals surface area contributed by atoms with Crippen LogP contribution in [0.25, 0.3) is 10.6 Å². The first-order chi connectivity index (χ1) is 8.00. The van der Waals surface area contributed by atoms with Gasteiger partial charge in [-0.25, -0.2) is 13.8 Å². The number of nitrogens with two attached hydrogens (primary N) is 1. The predicted molar refractivity (Wildman–Crippen MR) is 68.1 cm³/mol. The van der Waals surface area contributed by atoms with Crippen molar-refractivity contribution in [3.8, 4) is 10.6 Å². The Morgan fingerprint density at radius 3 is 2.41 bits per heavy atom. The van der Waals surface area contributed by atoms with Crippen LogP contribution in [0.4, 0.5) is 8.78 Å². The number of hydrogen-bond donors (Lipinski definition) is 1. The molecule has 2 rings (SSSR count). The Kier molecular flexibility index (Phi) is 3.17. The third-order valence-corrected chi connectivity index (χ3v) is 3.74. The molecule has 2 N–H and O–H groups in total. The fraction of sp³-hybridized carbons (Fsp3) is 0.0909. The third kappa shape index (κ3) is 2.18. The van der Waals surface area contributed by atoms with Gasteiger partial charge in [0.05, 0.1) is 16.1 Å². The van der Waals surface area contributed by atoms with Crippen LogP contribution in [0, 0.1) is 18.6 Å². The summed E-state index contributed by atoms with van der Waals surface area (Å²) in [7, 11) is 0. The highest BCUT2D eigenvalue weighted by molar-refractivity contribution is 7.81. The summed E-state index contributed by atoms with van der Waals surface area (Å²) in [6.45, 7) is 1.70. The van der Waals surface area contributed by atoms with Gasteiger partial charge in [0.2, 0.25) is 0 Å². The molecule has 17 heavy (non-hydrogen) atoms. The summed E-state index contributed by atoms with van der Waals surface area (Å²) in [6, 6.07) is 3.69. The minimum atomic E-state index is -0.645. The average Bonchev–Trinajstić information content (AvgIpc) is 2.60. The third-order valence-electron chi connectivity index (χ3n) is 2.20. The normalized spacial score (nSPS) is 10.5. The molecule has 2 nitrogen and oxygen atoms in total. The van der Waals surface area contributed by atoms with Crippen LogP contribution in [0.3, 0.4) is 0 Å². The Hall–Kier alpha value is -1.40. The summed E-state index contributed by atoms with van der Waals surface area (Å²) >= 11 is 5.93. The maximum atomic E-state index is 13.5. The number of thiocarbonyl (C=S) groups is 1. The second kappa shape index (κ2) is 4.46. The molecule has 1 aromatic carbocycles. The summed E-state index contributed by atoms with van der Waals surface area (Å²) in [5, 5.41) is 0.251. The van der Waals surface area contributed by atoms with Crippen LogP contribution in [-0.2, 0) is 0 Å². The van der Waals surface area contributed by atoms with Gasteiger partial charge in [0.15, 0.2) is 0 Å². The smallest absolute Gasteiger partial charge is 0.136 e. The fourth-order valence-corrected chi connectivity index (χ4v) is 2.67. The van der Waals surface area contributed by atoms with Gasteiger partial charge in [0, 0.05) is 0 Å². The number of rotatable bonds is 2. The number of thiazole rings is 1. The van der Waals surface area contributed by atoms with Crippen molar-refractivity contribution in [1.82, 2.24) is 4.98 Å². The zero-order valence-electron chi connectivity index (χ0n) is 8.83. The number of halogens is 2. The van der Waals surface area contributed by atoms with Gasteiger partial charge in [-0.3, -0.25) is 0 Å². The van der Waals surface area contributed by atoms with E-state index in [9.17, 15) is 8.78 Å². The standard InChI is InChI=1S/C11H8F2N2S2/c1-5-9(10(14)16)17-11(15-5)8-6(12)3-2-4-7(8)13/h2-4H,1H3,(H2,14,16). The van der Waals surface area contributed by atoms with E-state index in [2.05, 4.69) is 4.98 Å². The van der Waals surface area contributed by atoms with Gasteiger partial charge in [0.25, 0.3) is 0 Å². The molecule has 0 atom stereocenters. The van der Waals surface area contributed by atoms with Crippen LogP contribution in [0.2, 0.25) is 0 Å². The van der Waals surface area contributed by atoms with E-state index in [0.717, 1.165) is 11.3 Å². The number of nitrogens with zero attached hydrogens (tertiary/aromatic N) is 1. The monoisotopic (exact) mass is 270 g/mol. The highest BCUT2D eigenvalue weighted by Crippen LogP contribution is 2.31. The van der Waals surface area contributed by atoms with Crippen molar-refractivity contribution < 1.29 is 8.78 Å². The predicted octanol–water partition coefficient (Wildman–Crippen LogP) is 3.03. The minimum absolute atomic E-state index is 0.136. The van der Waals surface area contributed by atoms with E-state index in [1.165, 1.54) is 18.2 Å². The zero-order chi connectivity index (χ0) is 12.6. The molecule has 0 saturated heterocycles. The Bertz CT molecular complexity index is 573. The van der Waals surface area contributed by atoms with Crippen molar-refractivity contribution in [2.75, 3.05) is 0 Å². The van der Waals surface area contributed by atoms with Gasteiger partial charge in [-0.2, -0.15) is 0 Å². The molecule has 0 bridgehead atoms. The number of aryl methyl sites for hydroxylation is 1. The topological polar surface area (TPSA) is 38.9 Å². The van der Waals surface area contributed by atoms with E-state index in [1.807, 2.05) is 0 Å². The lowest BCUT2D eigenvalue weighted by atomic mass is 10.2. The number of aromatic nitrogens is 1. The molecule has 0 radical (unpaired) electrons. The lowest BCUT2D eigenvalue weighted by Crippen LogP contribution is -2.08. The van der Waals surface area contributed by atoms with Crippen molar-refractivity contribution in [1.29, 1.82) is 0 Å². The fourth-order valence-electron chi connectivity index (χ4n) is 1.43. The molecule has 1 heterocycles. The van der Waals surface area contributed by atoms with Crippen molar-refractivity contribution >= 4 is 28.5 Å². The van der Waals surface area contributed by atoms with Crippen LogP contribution >= 0.6 is 23.6 Å². The van der Waals surface area contributed by atoms with Gasteiger partial charge in [-0.05, 0) is 19.1 Å². The lowest BCUT2D eigenvalue weighted by molar-refractivity contribution is 0.589. The van der Waals surface area contributed by atoms with E-state index in [4.69, 9.17) is 18.0 Å². The molecule has 0 aliphatic rings. The molecule has 0 saturated carbocycles. The van der Waals surface area contributed by atoms with E-state index in [1.54, 1.807) is 6.92 Å². The van der Waals surface area contributed by atoms with Gasteiger partial charge < -0.3 is 5.73 Å². The van der Waals surface area contributed by atoms with Crippen LogP contribution in [0.15, 0.2) is 18.2 Å². The molecule has 0 aliphatic heterocycles. The summed E-state index contributed by atoms with van der Waals surface area (Å²) in [6.07, 6.45) is 0. The summed E-state index contributed by atoms with van der Waals surface area (Å²) < 4.78 is 27.1. The van der Waals surface area contributed by atoms with Gasteiger partial charge in [-0.1, -0.05) is 18.3 Å². The van der Waals surface area contributed by atoms with Gasteiger partial charge >= 0.3 is 0 Å². The average molecular weight is 270 g/mol. The summed E-state index contributed by atoms with van der Waals surface area (Å²) in [4.78, 5) is 4.86. The maximum Gasteiger partial charge on any atom is 0.136 e. The molecule has 6 heteroatoms. The van der Waals surface area contributed by atoms with E-state index in [-0.39, 0.29) is 15.6 Å². The first-order valence-electron chi connectivity index (χ1n) is 4.72. The maximum absolute atomic E-state index is 13.5. The molecule has 0 amide bonds. The first-order valence-corrected chi connectivity index (χ1v) is 5.94. The quantitative estimate of drug-likeness (QED) is 0.853. The summed E-state index contributed by atoms with van der Waals surface area (Å²) in [5.41, 5.74) is 5.94. The number of hydrogen-bond acceptors (Lipinski definition) is 3. The molecule has 2 aromatic rings. The molecule has 0 unspecified atom stereocenters. The van der Waals surface area contributed by atoms with Crippen LogP contribution in [0.1, 0.15) is 10.6 Å². The van der Waals surface area contributed by atoms with Crippen molar-refractivity contribution in [2.45, 2.75) is 6.92 Å². The molecule has 0 aliphatic carbocycles. The highest BCUT2D eigenvalue weighted by atomic mass is 32.1. The van der Waals surface area contributed by atoms with E-state index < -0.39 is 11.6 Å². The van der Waals surface area contributed by atoms with Gasteiger partial charge in [0.1, 0.15) is 21.6 Å².